The molecular weight excluding hydrogens is 460 g/mol. The topological polar surface area (TPSA) is 88.3 Å². The van der Waals surface area contributed by atoms with E-state index < -0.39 is 0 Å². The van der Waals surface area contributed by atoms with E-state index in [1.165, 1.54) is 5.56 Å². The largest absolute Gasteiger partial charge is 0.343 e. The van der Waals surface area contributed by atoms with Gasteiger partial charge in [-0.05, 0) is 61.6 Å². The van der Waals surface area contributed by atoms with Crippen molar-refractivity contribution in [3.05, 3.63) is 72.4 Å². The van der Waals surface area contributed by atoms with Crippen molar-refractivity contribution in [3.63, 3.8) is 0 Å². The lowest BCUT2D eigenvalue weighted by atomic mass is 9.83. The van der Waals surface area contributed by atoms with E-state index in [-0.39, 0.29) is 23.4 Å². The van der Waals surface area contributed by atoms with E-state index in [0.29, 0.717) is 18.0 Å². The number of hydrogen-bond acceptors (Lipinski definition) is 4. The zero-order valence-electron chi connectivity index (χ0n) is 21.7. The van der Waals surface area contributed by atoms with Crippen LogP contribution < -0.4 is 11.1 Å². The number of benzene rings is 2. The van der Waals surface area contributed by atoms with E-state index in [0.717, 1.165) is 60.9 Å². The van der Waals surface area contributed by atoms with Gasteiger partial charge in [-0.1, -0.05) is 54.6 Å². The molecule has 3 N–H and O–H groups in total. The van der Waals surface area contributed by atoms with Gasteiger partial charge >= 0.3 is 0 Å². The third-order valence-electron chi connectivity index (χ3n) is 8.11. The summed E-state index contributed by atoms with van der Waals surface area (Å²) in [6.07, 6.45) is 8.12. The van der Waals surface area contributed by atoms with Crippen molar-refractivity contribution in [1.82, 2.24) is 9.88 Å². The van der Waals surface area contributed by atoms with E-state index in [1.54, 1.807) is 13.1 Å². The first-order valence-electron chi connectivity index (χ1n) is 13.3. The number of aromatic nitrogens is 1. The molecule has 37 heavy (non-hydrogen) atoms. The van der Waals surface area contributed by atoms with E-state index in [2.05, 4.69) is 41.7 Å². The summed E-state index contributed by atoms with van der Waals surface area (Å²) in [6.45, 7) is 1.61. The molecule has 0 spiro atoms. The Kier molecular flexibility index (Phi) is 7.11. The van der Waals surface area contributed by atoms with Crippen LogP contribution in [-0.2, 0) is 15.1 Å². The number of rotatable bonds is 7. The SMILES string of the molecule is CC(=O)N(C)C1CCC(CC(=O)Nc2cnc(-c3ccc(C4(N)CC4)cc3)c(-c3ccccc3)c2)CC1. The van der Waals surface area contributed by atoms with Gasteiger partial charge in [-0.25, -0.2) is 0 Å². The van der Waals surface area contributed by atoms with Crippen molar-refractivity contribution >= 4 is 17.5 Å². The van der Waals surface area contributed by atoms with Crippen molar-refractivity contribution in [2.75, 3.05) is 12.4 Å². The molecule has 2 amide bonds. The Morgan fingerprint density at radius 1 is 1.00 bits per heavy atom. The molecule has 0 unspecified atom stereocenters. The van der Waals surface area contributed by atoms with Crippen LogP contribution in [0.5, 0.6) is 0 Å². The van der Waals surface area contributed by atoms with Crippen LogP contribution >= 0.6 is 0 Å². The summed E-state index contributed by atoms with van der Waals surface area (Å²) < 4.78 is 0. The molecule has 2 aliphatic carbocycles. The Labute approximate surface area is 219 Å². The maximum absolute atomic E-state index is 12.9. The summed E-state index contributed by atoms with van der Waals surface area (Å²) in [5.74, 6) is 0.459. The minimum atomic E-state index is -0.162. The number of amides is 2. The van der Waals surface area contributed by atoms with Gasteiger partial charge in [-0.15, -0.1) is 0 Å². The highest BCUT2D eigenvalue weighted by atomic mass is 16.2. The van der Waals surface area contributed by atoms with Crippen LogP contribution in [0, 0.1) is 5.92 Å². The molecule has 6 nitrogen and oxygen atoms in total. The fourth-order valence-corrected chi connectivity index (χ4v) is 5.45. The Bertz CT molecular complexity index is 1260. The van der Waals surface area contributed by atoms with Gasteiger partial charge in [0.25, 0.3) is 0 Å². The van der Waals surface area contributed by atoms with E-state index in [4.69, 9.17) is 10.7 Å². The summed E-state index contributed by atoms with van der Waals surface area (Å²) in [7, 11) is 1.87. The molecule has 0 radical (unpaired) electrons. The Balaban J connectivity index is 1.30. The quantitative estimate of drug-likeness (QED) is 0.437. The number of anilines is 1. The molecule has 1 aromatic heterocycles. The van der Waals surface area contributed by atoms with Crippen molar-refractivity contribution in [2.45, 2.75) is 63.5 Å². The van der Waals surface area contributed by atoms with Gasteiger partial charge in [0.15, 0.2) is 0 Å². The molecule has 0 saturated heterocycles. The number of pyridine rings is 1. The molecule has 0 aliphatic heterocycles. The molecule has 5 rings (SSSR count). The minimum absolute atomic E-state index is 0.0129. The van der Waals surface area contributed by atoms with Gasteiger partial charge in [0, 0.05) is 43.1 Å². The van der Waals surface area contributed by atoms with Gasteiger partial charge in [0.2, 0.25) is 11.8 Å². The van der Waals surface area contributed by atoms with Crippen molar-refractivity contribution < 1.29 is 9.59 Å². The number of carbonyl (C=O) groups excluding carboxylic acids is 2. The highest BCUT2D eigenvalue weighted by Crippen LogP contribution is 2.43. The summed E-state index contributed by atoms with van der Waals surface area (Å²) in [4.78, 5) is 31.2. The van der Waals surface area contributed by atoms with E-state index in [9.17, 15) is 9.59 Å². The lowest BCUT2D eigenvalue weighted by Crippen LogP contribution is -2.38. The first-order chi connectivity index (χ1) is 17.8. The highest BCUT2D eigenvalue weighted by Gasteiger charge is 2.39. The second-order valence-corrected chi connectivity index (χ2v) is 10.8. The van der Waals surface area contributed by atoms with E-state index >= 15 is 0 Å². The number of nitrogens with zero attached hydrogens (tertiary/aromatic N) is 2. The van der Waals surface area contributed by atoms with Crippen LogP contribution in [0.4, 0.5) is 5.69 Å². The van der Waals surface area contributed by atoms with Crippen molar-refractivity contribution in [2.24, 2.45) is 11.7 Å². The number of nitrogens with one attached hydrogen (secondary N) is 1. The zero-order valence-corrected chi connectivity index (χ0v) is 21.7. The first kappa shape index (κ1) is 25.2. The third kappa shape index (κ3) is 5.75. The first-order valence-corrected chi connectivity index (χ1v) is 13.3. The van der Waals surface area contributed by atoms with Crippen LogP contribution in [0.25, 0.3) is 22.4 Å². The smallest absolute Gasteiger partial charge is 0.224 e. The summed E-state index contributed by atoms with van der Waals surface area (Å²) in [5, 5.41) is 3.09. The van der Waals surface area contributed by atoms with E-state index in [1.807, 2.05) is 36.2 Å². The van der Waals surface area contributed by atoms with Crippen LogP contribution in [0.3, 0.4) is 0 Å². The number of carbonyl (C=O) groups is 2. The summed E-state index contributed by atoms with van der Waals surface area (Å²) >= 11 is 0. The van der Waals surface area contributed by atoms with Crippen LogP contribution in [0.1, 0.15) is 57.4 Å². The molecule has 0 bridgehead atoms. The maximum atomic E-state index is 12.9. The second-order valence-electron chi connectivity index (χ2n) is 10.8. The van der Waals surface area contributed by atoms with Crippen LogP contribution in [0.2, 0.25) is 0 Å². The molecule has 2 fully saturated rings. The molecule has 2 aliphatic rings. The summed E-state index contributed by atoms with van der Waals surface area (Å²) in [6, 6.07) is 20.9. The monoisotopic (exact) mass is 496 g/mol. The molecule has 1 heterocycles. The fraction of sp³-hybridized carbons (Fsp3) is 0.387. The average molecular weight is 497 g/mol. The highest BCUT2D eigenvalue weighted by molar-refractivity contribution is 5.93. The normalized spacial score (nSPS) is 20.2. The third-order valence-corrected chi connectivity index (χ3v) is 8.11. The number of hydrogen-bond donors (Lipinski definition) is 2. The van der Waals surface area contributed by atoms with Gasteiger partial charge in [-0.2, -0.15) is 0 Å². The molecule has 3 aromatic rings. The molecule has 192 valence electrons. The van der Waals surface area contributed by atoms with Gasteiger partial charge in [-0.3, -0.25) is 14.6 Å². The minimum Gasteiger partial charge on any atom is -0.343 e. The van der Waals surface area contributed by atoms with Crippen LogP contribution in [0.15, 0.2) is 66.9 Å². The molecule has 0 atom stereocenters. The Morgan fingerprint density at radius 3 is 2.30 bits per heavy atom. The predicted molar refractivity (Wildman–Crippen MR) is 148 cm³/mol. The molecule has 2 saturated carbocycles. The van der Waals surface area contributed by atoms with Gasteiger partial charge in [0.1, 0.15) is 0 Å². The molecule has 2 aromatic carbocycles. The van der Waals surface area contributed by atoms with Gasteiger partial charge < -0.3 is 16.0 Å². The predicted octanol–water partition coefficient (Wildman–Crippen LogP) is 5.73. The van der Waals surface area contributed by atoms with Crippen molar-refractivity contribution in [3.8, 4) is 22.4 Å². The Hall–Kier alpha value is -3.51. The second kappa shape index (κ2) is 10.5. The lowest BCUT2D eigenvalue weighted by molar-refractivity contribution is -0.130. The number of nitrogens with two attached hydrogens (primary N) is 1. The molecular formula is C31H36N4O2. The molecule has 6 heteroatoms. The zero-order chi connectivity index (χ0) is 26.0. The van der Waals surface area contributed by atoms with Crippen LogP contribution in [-0.4, -0.2) is 34.8 Å². The average Bonchev–Trinajstić information content (AvgIpc) is 3.67. The van der Waals surface area contributed by atoms with Gasteiger partial charge in [0.05, 0.1) is 17.6 Å². The summed E-state index contributed by atoms with van der Waals surface area (Å²) in [5.41, 5.74) is 12.0. The standard InChI is InChI=1S/C31H36N4O2/c1-21(36)35(2)27-14-8-22(9-15-27)18-29(37)34-26-19-28(23-6-4-3-5-7-23)30(33-20-26)24-10-12-25(13-11-24)31(32)16-17-31/h3-7,10-13,19-20,22,27H,8-9,14-18,32H2,1-2H3,(H,34,37). The Morgan fingerprint density at radius 2 is 1.68 bits per heavy atom. The fourth-order valence-electron chi connectivity index (χ4n) is 5.45. The van der Waals surface area contributed by atoms with Crippen molar-refractivity contribution in [1.29, 1.82) is 0 Å². The lowest BCUT2D eigenvalue weighted by Gasteiger charge is -2.34. The maximum Gasteiger partial charge on any atom is 0.224 e.